The molecule has 1 N–H and O–H groups in total. The second kappa shape index (κ2) is 10.8. The quantitative estimate of drug-likeness (QED) is 0.203. The topological polar surface area (TPSA) is 86.0 Å². The summed E-state index contributed by atoms with van der Waals surface area (Å²) < 4.78 is 11.5. The number of anilines is 1. The highest BCUT2D eigenvalue weighted by Crippen LogP contribution is 2.17. The summed E-state index contributed by atoms with van der Waals surface area (Å²) >= 11 is 0. The fourth-order valence-corrected chi connectivity index (χ4v) is 2.73. The Labute approximate surface area is 181 Å². The van der Waals surface area contributed by atoms with E-state index in [1.54, 1.807) is 18.3 Å². The van der Waals surface area contributed by atoms with Gasteiger partial charge >= 0.3 is 0 Å². The molecule has 7 nitrogen and oxygen atoms in total. The Kier molecular flexibility index (Phi) is 7.59. The second-order valence-electron chi connectivity index (χ2n) is 7.04. The highest BCUT2D eigenvalue weighted by molar-refractivity contribution is 5.80. The van der Waals surface area contributed by atoms with Crippen molar-refractivity contribution in [2.45, 2.75) is 20.3 Å². The number of nitrogens with one attached hydrogen (secondary N) is 1. The molecule has 160 valence electrons. The Morgan fingerprint density at radius 1 is 0.903 bits per heavy atom. The Balaban J connectivity index is 1.37. The van der Waals surface area contributed by atoms with Crippen LogP contribution in [0.3, 0.4) is 0 Å². The van der Waals surface area contributed by atoms with Crippen LogP contribution < -0.4 is 14.9 Å². The minimum absolute atomic E-state index is 0.0435. The SMILES string of the molecule is Cc1ccc(OCCCOc2ccc(/C=N\Nc3ccc([N+](=O)[O-])cc3)cc2)cc1C. The van der Waals surface area contributed by atoms with Crippen molar-refractivity contribution in [1.29, 1.82) is 0 Å². The molecule has 0 aliphatic rings. The van der Waals surface area contributed by atoms with E-state index < -0.39 is 4.92 Å². The highest BCUT2D eigenvalue weighted by atomic mass is 16.6. The Bertz CT molecular complexity index is 1030. The second-order valence-corrected chi connectivity index (χ2v) is 7.04. The third-order valence-corrected chi connectivity index (χ3v) is 4.67. The van der Waals surface area contributed by atoms with Crippen molar-refractivity contribution >= 4 is 17.6 Å². The van der Waals surface area contributed by atoms with Gasteiger partial charge in [0, 0.05) is 18.6 Å². The number of nitro benzene ring substituents is 1. The van der Waals surface area contributed by atoms with E-state index in [0.717, 1.165) is 23.5 Å². The number of non-ortho nitro benzene ring substituents is 1. The summed E-state index contributed by atoms with van der Waals surface area (Å²) in [6, 6.07) is 19.7. The van der Waals surface area contributed by atoms with E-state index in [2.05, 4.69) is 30.4 Å². The summed E-state index contributed by atoms with van der Waals surface area (Å²) in [5.74, 6) is 1.67. The van der Waals surface area contributed by atoms with Crippen LogP contribution in [0.2, 0.25) is 0 Å². The number of hydrogen-bond acceptors (Lipinski definition) is 6. The lowest BCUT2D eigenvalue weighted by Crippen LogP contribution is -2.05. The lowest BCUT2D eigenvalue weighted by Gasteiger charge is -2.09. The Morgan fingerprint density at radius 2 is 1.55 bits per heavy atom. The third-order valence-electron chi connectivity index (χ3n) is 4.67. The van der Waals surface area contributed by atoms with Crippen LogP contribution >= 0.6 is 0 Å². The van der Waals surface area contributed by atoms with Crippen LogP contribution in [0.1, 0.15) is 23.1 Å². The number of nitro groups is 1. The van der Waals surface area contributed by atoms with Crippen molar-refractivity contribution in [2.75, 3.05) is 18.6 Å². The largest absolute Gasteiger partial charge is 0.493 e. The number of nitrogens with zero attached hydrogens (tertiary/aromatic N) is 2. The summed E-state index contributed by atoms with van der Waals surface area (Å²) in [7, 11) is 0. The van der Waals surface area contributed by atoms with E-state index in [4.69, 9.17) is 9.47 Å². The molecule has 0 saturated carbocycles. The summed E-state index contributed by atoms with van der Waals surface area (Å²) in [5.41, 5.74) is 6.94. The highest BCUT2D eigenvalue weighted by Gasteiger charge is 2.03. The summed E-state index contributed by atoms with van der Waals surface area (Å²) in [6.07, 6.45) is 2.46. The lowest BCUT2D eigenvalue weighted by atomic mass is 10.1. The van der Waals surface area contributed by atoms with Crippen molar-refractivity contribution in [3.8, 4) is 11.5 Å². The van der Waals surface area contributed by atoms with Gasteiger partial charge in [-0.05, 0) is 79.1 Å². The molecule has 0 aliphatic carbocycles. The van der Waals surface area contributed by atoms with Gasteiger partial charge in [0.15, 0.2) is 0 Å². The molecule has 0 atom stereocenters. The van der Waals surface area contributed by atoms with Crippen molar-refractivity contribution in [1.82, 2.24) is 0 Å². The molecule has 0 bridgehead atoms. The fraction of sp³-hybridized carbons (Fsp3) is 0.208. The molecule has 3 rings (SSSR count). The summed E-state index contributed by atoms with van der Waals surface area (Å²) in [5, 5.41) is 14.8. The smallest absolute Gasteiger partial charge is 0.269 e. The van der Waals surface area contributed by atoms with Gasteiger partial charge in [-0.25, -0.2) is 0 Å². The van der Waals surface area contributed by atoms with Crippen LogP contribution in [-0.4, -0.2) is 24.4 Å². The van der Waals surface area contributed by atoms with Gasteiger partial charge in [-0.1, -0.05) is 6.07 Å². The molecular formula is C24H25N3O4. The molecule has 0 radical (unpaired) electrons. The van der Waals surface area contributed by atoms with Gasteiger partial charge in [0.05, 0.1) is 30.0 Å². The molecule has 0 aliphatic heterocycles. The molecule has 0 unspecified atom stereocenters. The maximum absolute atomic E-state index is 10.7. The minimum Gasteiger partial charge on any atom is -0.493 e. The van der Waals surface area contributed by atoms with Gasteiger partial charge in [-0.2, -0.15) is 5.10 Å². The average Bonchev–Trinajstić information content (AvgIpc) is 2.77. The first kappa shape index (κ1) is 21.8. The van der Waals surface area contributed by atoms with E-state index in [1.807, 2.05) is 36.4 Å². The number of hydrogen-bond donors (Lipinski definition) is 1. The standard InChI is InChI=1S/C24H25N3O4/c1-18-4-11-24(16-19(18)2)31-15-3-14-30-23-12-5-20(6-13-23)17-25-26-21-7-9-22(10-8-21)27(28)29/h4-13,16-17,26H,3,14-15H2,1-2H3/b25-17-. The molecule has 0 aromatic heterocycles. The molecule has 7 heteroatoms. The predicted molar refractivity (Wildman–Crippen MR) is 122 cm³/mol. The van der Waals surface area contributed by atoms with Crippen LogP contribution in [0.25, 0.3) is 0 Å². The fourth-order valence-electron chi connectivity index (χ4n) is 2.73. The molecule has 0 heterocycles. The van der Waals surface area contributed by atoms with Gasteiger partial charge in [0.25, 0.3) is 5.69 Å². The number of hydrazone groups is 1. The molecule has 0 amide bonds. The van der Waals surface area contributed by atoms with E-state index in [9.17, 15) is 10.1 Å². The monoisotopic (exact) mass is 419 g/mol. The molecular weight excluding hydrogens is 394 g/mol. The Hall–Kier alpha value is -3.87. The molecule has 0 fully saturated rings. The van der Waals surface area contributed by atoms with E-state index >= 15 is 0 Å². The maximum Gasteiger partial charge on any atom is 0.269 e. The summed E-state index contributed by atoms with van der Waals surface area (Å²) in [6.45, 7) is 5.33. The average molecular weight is 419 g/mol. The van der Waals surface area contributed by atoms with Crippen molar-refractivity contribution < 1.29 is 14.4 Å². The first-order valence-electron chi connectivity index (χ1n) is 9.98. The zero-order chi connectivity index (χ0) is 22.1. The van der Waals surface area contributed by atoms with Crippen LogP contribution in [0.5, 0.6) is 11.5 Å². The third kappa shape index (κ3) is 6.85. The predicted octanol–water partition coefficient (Wildman–Crippen LogP) is 5.51. The van der Waals surface area contributed by atoms with Gasteiger partial charge < -0.3 is 9.47 Å². The van der Waals surface area contributed by atoms with Crippen LogP contribution in [0, 0.1) is 24.0 Å². The molecule has 0 saturated heterocycles. The van der Waals surface area contributed by atoms with Crippen molar-refractivity contribution in [3.05, 3.63) is 93.5 Å². The zero-order valence-electron chi connectivity index (χ0n) is 17.6. The number of ether oxygens (including phenoxy) is 2. The number of rotatable bonds is 10. The Morgan fingerprint density at radius 3 is 2.19 bits per heavy atom. The van der Waals surface area contributed by atoms with Gasteiger partial charge in [-0.15, -0.1) is 0 Å². The van der Waals surface area contributed by atoms with Gasteiger partial charge in [-0.3, -0.25) is 15.5 Å². The number of aryl methyl sites for hydroxylation is 2. The van der Waals surface area contributed by atoms with E-state index in [1.165, 1.54) is 23.3 Å². The summed E-state index contributed by atoms with van der Waals surface area (Å²) in [4.78, 5) is 10.2. The van der Waals surface area contributed by atoms with Crippen molar-refractivity contribution in [3.63, 3.8) is 0 Å². The minimum atomic E-state index is -0.436. The first-order valence-corrected chi connectivity index (χ1v) is 9.98. The van der Waals surface area contributed by atoms with E-state index in [-0.39, 0.29) is 5.69 Å². The normalized spacial score (nSPS) is 10.8. The molecule has 3 aromatic rings. The zero-order valence-corrected chi connectivity index (χ0v) is 17.6. The van der Waals surface area contributed by atoms with Crippen LogP contribution in [-0.2, 0) is 0 Å². The maximum atomic E-state index is 10.7. The lowest BCUT2D eigenvalue weighted by molar-refractivity contribution is -0.384. The molecule has 3 aromatic carbocycles. The van der Waals surface area contributed by atoms with Crippen LogP contribution in [0.15, 0.2) is 71.8 Å². The van der Waals surface area contributed by atoms with Gasteiger partial charge in [0.2, 0.25) is 0 Å². The first-order chi connectivity index (χ1) is 15.0. The molecule has 31 heavy (non-hydrogen) atoms. The van der Waals surface area contributed by atoms with Crippen LogP contribution in [0.4, 0.5) is 11.4 Å². The van der Waals surface area contributed by atoms with Gasteiger partial charge in [0.1, 0.15) is 11.5 Å². The van der Waals surface area contributed by atoms with Crippen molar-refractivity contribution in [2.24, 2.45) is 5.10 Å². The van der Waals surface area contributed by atoms with E-state index in [0.29, 0.717) is 18.9 Å². The number of benzene rings is 3. The molecule has 0 spiro atoms.